The minimum atomic E-state index is -0.862. The average Bonchev–Trinajstić information content (AvgIpc) is 3.38. The van der Waals surface area contributed by atoms with E-state index in [1.165, 1.54) is 36.0 Å². The van der Waals surface area contributed by atoms with Gasteiger partial charge in [0.1, 0.15) is 18.1 Å². The maximum atomic E-state index is 13.6. The fourth-order valence-corrected chi connectivity index (χ4v) is 4.89. The Morgan fingerprint density at radius 3 is 2.64 bits per heavy atom. The van der Waals surface area contributed by atoms with E-state index in [2.05, 4.69) is 11.6 Å². The van der Waals surface area contributed by atoms with E-state index in [0.717, 1.165) is 5.76 Å². The van der Waals surface area contributed by atoms with E-state index in [1.54, 1.807) is 43.3 Å². The van der Waals surface area contributed by atoms with Crippen LogP contribution in [0.25, 0.3) is 6.08 Å². The molecular formula is C26H24N2O7S. The molecule has 1 aliphatic rings. The van der Waals surface area contributed by atoms with E-state index in [1.807, 2.05) is 6.92 Å². The number of methoxy groups -OCH3 is 1. The first-order valence-electron chi connectivity index (χ1n) is 11.0. The van der Waals surface area contributed by atoms with Crippen LogP contribution in [0.5, 0.6) is 11.5 Å². The van der Waals surface area contributed by atoms with Crippen LogP contribution < -0.4 is 24.4 Å². The van der Waals surface area contributed by atoms with Crippen LogP contribution in [0.3, 0.4) is 0 Å². The first kappa shape index (κ1) is 24.9. The number of furan rings is 1. The van der Waals surface area contributed by atoms with Crippen molar-refractivity contribution in [2.24, 2.45) is 4.99 Å². The fourth-order valence-electron chi connectivity index (χ4n) is 3.86. The topological polar surface area (TPSA) is 109 Å². The number of carbonyl (C=O) groups excluding carboxylic acids is 2. The summed E-state index contributed by atoms with van der Waals surface area (Å²) < 4.78 is 23.4. The zero-order valence-corrected chi connectivity index (χ0v) is 21.0. The average molecular weight is 509 g/mol. The van der Waals surface area contributed by atoms with E-state index in [0.29, 0.717) is 26.4 Å². The number of hydrogen-bond donors (Lipinski definition) is 0. The quantitative estimate of drug-likeness (QED) is 0.274. The van der Waals surface area contributed by atoms with E-state index in [9.17, 15) is 14.4 Å². The molecule has 1 unspecified atom stereocenters. The number of fused-ring (bicyclic) bond motifs is 1. The number of rotatable bonds is 7. The molecule has 0 N–H and O–H groups in total. The number of nitrogens with zero attached hydrogens (tertiary/aromatic N) is 2. The fraction of sp³-hybridized carbons (Fsp3) is 0.231. The van der Waals surface area contributed by atoms with Gasteiger partial charge in [0, 0.05) is 13.0 Å². The highest BCUT2D eigenvalue weighted by Crippen LogP contribution is 2.36. The molecule has 3 heterocycles. The summed E-state index contributed by atoms with van der Waals surface area (Å²) in [6.07, 6.45) is 3.10. The van der Waals surface area contributed by atoms with Crippen molar-refractivity contribution in [1.29, 1.82) is 0 Å². The van der Waals surface area contributed by atoms with Gasteiger partial charge in [0.2, 0.25) is 0 Å². The Bertz CT molecular complexity index is 1570. The van der Waals surface area contributed by atoms with Crippen molar-refractivity contribution < 1.29 is 28.2 Å². The van der Waals surface area contributed by atoms with Gasteiger partial charge in [0.15, 0.2) is 16.3 Å². The highest BCUT2D eigenvalue weighted by atomic mass is 32.1. The van der Waals surface area contributed by atoms with Gasteiger partial charge >= 0.3 is 11.9 Å². The first-order valence-corrected chi connectivity index (χ1v) is 11.8. The molecule has 0 spiro atoms. The van der Waals surface area contributed by atoms with E-state index in [-0.39, 0.29) is 29.2 Å². The van der Waals surface area contributed by atoms with Crippen molar-refractivity contribution in [3.8, 4) is 11.5 Å². The smallest absolute Gasteiger partial charge is 0.338 e. The number of aromatic nitrogens is 1. The van der Waals surface area contributed by atoms with Gasteiger partial charge in [-0.2, -0.15) is 0 Å². The third-order valence-corrected chi connectivity index (χ3v) is 6.35. The summed E-state index contributed by atoms with van der Waals surface area (Å²) in [4.78, 5) is 43.2. The van der Waals surface area contributed by atoms with Crippen LogP contribution in [-0.2, 0) is 14.3 Å². The summed E-state index contributed by atoms with van der Waals surface area (Å²) in [5, 5.41) is 0. The molecule has 1 aliphatic heterocycles. The van der Waals surface area contributed by atoms with Crippen molar-refractivity contribution in [2.45, 2.75) is 26.8 Å². The molecule has 0 saturated heterocycles. The van der Waals surface area contributed by atoms with Gasteiger partial charge in [-0.15, -0.1) is 0 Å². The molecule has 1 aromatic carbocycles. The molecule has 0 fully saturated rings. The molecule has 10 heteroatoms. The Morgan fingerprint density at radius 1 is 1.22 bits per heavy atom. The molecule has 9 nitrogen and oxygen atoms in total. The van der Waals surface area contributed by atoms with Crippen LogP contribution in [-0.4, -0.2) is 30.2 Å². The molecular weight excluding hydrogens is 484 g/mol. The molecule has 186 valence electrons. The van der Waals surface area contributed by atoms with Crippen molar-refractivity contribution >= 4 is 29.4 Å². The van der Waals surface area contributed by atoms with Crippen LogP contribution in [0.4, 0.5) is 0 Å². The lowest BCUT2D eigenvalue weighted by atomic mass is 9.95. The molecule has 4 rings (SSSR count). The molecule has 36 heavy (non-hydrogen) atoms. The Hall–Kier alpha value is -4.18. The van der Waals surface area contributed by atoms with Crippen molar-refractivity contribution in [2.75, 3.05) is 13.7 Å². The molecule has 0 amide bonds. The third kappa shape index (κ3) is 4.80. The second-order valence-electron chi connectivity index (χ2n) is 7.92. The normalized spacial score (nSPS) is 15.2. The van der Waals surface area contributed by atoms with E-state index >= 15 is 0 Å². The Kier molecular flexibility index (Phi) is 7.07. The Labute approximate surface area is 210 Å². The van der Waals surface area contributed by atoms with E-state index < -0.39 is 18.0 Å². The number of esters is 2. The predicted octanol–water partition coefficient (Wildman–Crippen LogP) is 2.80. The van der Waals surface area contributed by atoms with Gasteiger partial charge in [0.25, 0.3) is 5.56 Å². The van der Waals surface area contributed by atoms with Crippen LogP contribution in [0, 0.1) is 6.92 Å². The Balaban J connectivity index is 1.94. The largest absolute Gasteiger partial charge is 0.493 e. The van der Waals surface area contributed by atoms with E-state index in [4.69, 9.17) is 18.6 Å². The third-order valence-electron chi connectivity index (χ3n) is 5.37. The summed E-state index contributed by atoms with van der Waals surface area (Å²) in [6.45, 7) is 8.37. The lowest BCUT2D eigenvalue weighted by Crippen LogP contribution is -2.40. The zero-order chi connectivity index (χ0) is 26.0. The molecule has 0 aliphatic carbocycles. The molecule has 0 bridgehead atoms. The van der Waals surface area contributed by atoms with Crippen molar-refractivity contribution in [1.82, 2.24) is 4.57 Å². The molecule has 0 radical (unpaired) electrons. The lowest BCUT2D eigenvalue weighted by molar-refractivity contribution is -0.138. The molecule has 2 aromatic heterocycles. The number of allylic oxidation sites excluding steroid dienone is 1. The van der Waals surface area contributed by atoms with Gasteiger partial charge in [0.05, 0.1) is 29.0 Å². The number of benzene rings is 1. The van der Waals surface area contributed by atoms with Crippen LogP contribution in [0.2, 0.25) is 0 Å². The zero-order valence-electron chi connectivity index (χ0n) is 20.2. The lowest BCUT2D eigenvalue weighted by Gasteiger charge is -2.25. The maximum Gasteiger partial charge on any atom is 0.338 e. The number of hydrogen-bond acceptors (Lipinski definition) is 9. The maximum absolute atomic E-state index is 13.6. The summed E-state index contributed by atoms with van der Waals surface area (Å²) >= 11 is 1.19. The monoisotopic (exact) mass is 508 g/mol. The molecule has 1 atom stereocenters. The summed E-state index contributed by atoms with van der Waals surface area (Å²) in [6, 6.07) is 7.55. The van der Waals surface area contributed by atoms with Crippen molar-refractivity contribution in [3.05, 3.63) is 91.0 Å². The van der Waals surface area contributed by atoms with Gasteiger partial charge in [-0.3, -0.25) is 14.2 Å². The van der Waals surface area contributed by atoms with Gasteiger partial charge in [-0.1, -0.05) is 30.1 Å². The van der Waals surface area contributed by atoms with Crippen LogP contribution in [0.15, 0.2) is 68.5 Å². The molecule has 0 saturated carbocycles. The second-order valence-corrected chi connectivity index (χ2v) is 8.93. The molecule has 3 aromatic rings. The predicted molar refractivity (Wildman–Crippen MR) is 133 cm³/mol. The Morgan fingerprint density at radius 2 is 2.00 bits per heavy atom. The highest BCUT2D eigenvalue weighted by Gasteiger charge is 2.34. The summed E-state index contributed by atoms with van der Waals surface area (Å²) in [7, 11) is 1.43. The number of carbonyl (C=O) groups is 2. The highest BCUT2D eigenvalue weighted by molar-refractivity contribution is 7.07. The second kappa shape index (κ2) is 10.2. The minimum absolute atomic E-state index is 0.000685. The van der Waals surface area contributed by atoms with Crippen LogP contribution in [0.1, 0.15) is 37.0 Å². The van der Waals surface area contributed by atoms with Gasteiger partial charge < -0.3 is 18.6 Å². The SMILES string of the molecule is C=CCOC(=O)C1=C(C)N=c2sc(=Cc3ccc(C)o3)c(=O)n2C1c1ccc(OC(C)=O)c(OC)c1. The minimum Gasteiger partial charge on any atom is -0.493 e. The standard InChI is InChI=1S/C26H24N2O7S/c1-6-11-33-25(31)22-15(3)27-26-28(24(30)21(36-26)13-18-9-7-14(2)34-18)23(22)17-8-10-19(35-16(4)29)20(12-17)32-5/h6-10,12-13,23H,1,11H2,2-5H3. The van der Waals surface area contributed by atoms with Crippen molar-refractivity contribution in [3.63, 3.8) is 0 Å². The number of aryl methyl sites for hydroxylation is 1. The van der Waals surface area contributed by atoms with Crippen LogP contribution >= 0.6 is 11.3 Å². The van der Waals surface area contributed by atoms with Gasteiger partial charge in [-0.25, -0.2) is 9.79 Å². The number of thiazole rings is 1. The first-order chi connectivity index (χ1) is 17.2. The summed E-state index contributed by atoms with van der Waals surface area (Å²) in [5.41, 5.74) is 0.817. The van der Waals surface area contributed by atoms with Gasteiger partial charge in [-0.05, 0) is 43.7 Å². The summed E-state index contributed by atoms with van der Waals surface area (Å²) in [5.74, 6) is 0.597. The number of ether oxygens (including phenoxy) is 3.